The van der Waals surface area contributed by atoms with Crippen LogP contribution in [0, 0.1) is 5.92 Å². The first-order chi connectivity index (χ1) is 12.3. The Morgan fingerprint density at radius 1 is 1.12 bits per heavy atom. The van der Waals surface area contributed by atoms with E-state index < -0.39 is 0 Å². The minimum Gasteiger partial charge on any atom is -0.487 e. The lowest BCUT2D eigenvalue weighted by Crippen LogP contribution is -2.58. The van der Waals surface area contributed by atoms with E-state index in [0.717, 1.165) is 22.5 Å². The molecule has 3 aliphatic heterocycles. The molecule has 0 spiro atoms. The molecule has 0 radical (unpaired) electrons. The number of aromatic nitrogens is 2. The molecule has 3 fully saturated rings. The number of nitrogens with zero attached hydrogens (tertiary/aromatic N) is 2. The summed E-state index contributed by atoms with van der Waals surface area (Å²) in [7, 11) is 0. The zero-order valence-electron chi connectivity index (χ0n) is 14.5. The van der Waals surface area contributed by atoms with E-state index in [1.165, 1.54) is 31.3 Å². The van der Waals surface area contributed by atoms with Crippen LogP contribution in [0.25, 0.3) is 22.2 Å². The van der Waals surface area contributed by atoms with Gasteiger partial charge >= 0.3 is 0 Å². The Balaban J connectivity index is 1.36. The molecule has 0 amide bonds. The number of nitrogens with one attached hydrogen (secondary N) is 1. The Labute approximate surface area is 147 Å². The van der Waals surface area contributed by atoms with Gasteiger partial charge in [-0.3, -0.25) is 9.88 Å². The van der Waals surface area contributed by atoms with E-state index in [9.17, 15) is 0 Å². The second-order valence-corrected chi connectivity index (χ2v) is 7.36. The Morgan fingerprint density at radius 3 is 2.76 bits per heavy atom. The van der Waals surface area contributed by atoms with Crippen molar-refractivity contribution in [1.29, 1.82) is 0 Å². The summed E-state index contributed by atoms with van der Waals surface area (Å²) in [5.41, 5.74) is 3.27. The molecule has 0 saturated carbocycles. The van der Waals surface area contributed by atoms with Crippen molar-refractivity contribution < 1.29 is 4.74 Å². The lowest BCUT2D eigenvalue weighted by Gasteiger charge is -2.49. The second-order valence-electron chi connectivity index (χ2n) is 7.36. The third kappa shape index (κ3) is 2.61. The molecule has 128 valence electrons. The summed E-state index contributed by atoms with van der Waals surface area (Å²) in [5, 5.41) is 1.21. The highest BCUT2D eigenvalue weighted by Gasteiger charge is 2.41. The summed E-state index contributed by atoms with van der Waals surface area (Å²) in [6.07, 6.45) is 6.66. The minimum absolute atomic E-state index is 0.298. The topological polar surface area (TPSA) is 41.1 Å². The number of piperidine rings is 3. The fourth-order valence-corrected chi connectivity index (χ4v) is 4.44. The average Bonchev–Trinajstić information content (AvgIpc) is 3.13. The third-order valence-corrected chi connectivity index (χ3v) is 5.95. The number of fused-ring (bicyclic) bond motifs is 4. The molecule has 3 aromatic rings. The van der Waals surface area contributed by atoms with E-state index in [1.54, 1.807) is 0 Å². The predicted molar refractivity (Wildman–Crippen MR) is 99.7 cm³/mol. The SMILES string of the molecule is C[C@@H]1[C@@H](Oc2ccc(-c3ccc4[nH]ccc4c3)nc2)C2CCN1CC2. The van der Waals surface area contributed by atoms with Crippen LogP contribution in [0.3, 0.4) is 0 Å². The summed E-state index contributed by atoms with van der Waals surface area (Å²) in [4.78, 5) is 10.4. The summed E-state index contributed by atoms with van der Waals surface area (Å²) in [6, 6.07) is 13.1. The van der Waals surface area contributed by atoms with Crippen molar-refractivity contribution in [1.82, 2.24) is 14.9 Å². The number of pyridine rings is 1. The van der Waals surface area contributed by atoms with Crippen molar-refractivity contribution in [2.45, 2.75) is 31.9 Å². The molecule has 2 bridgehead atoms. The van der Waals surface area contributed by atoms with Gasteiger partial charge in [0.05, 0.1) is 11.9 Å². The Kier molecular flexibility index (Phi) is 3.52. The van der Waals surface area contributed by atoms with Crippen LogP contribution in [-0.2, 0) is 0 Å². The summed E-state index contributed by atoms with van der Waals surface area (Å²) in [6.45, 7) is 4.75. The summed E-state index contributed by atoms with van der Waals surface area (Å²) < 4.78 is 6.34. The van der Waals surface area contributed by atoms with E-state index in [2.05, 4.69) is 58.2 Å². The van der Waals surface area contributed by atoms with Crippen LogP contribution in [0.5, 0.6) is 5.75 Å². The van der Waals surface area contributed by atoms with Crippen LogP contribution in [0.4, 0.5) is 0 Å². The van der Waals surface area contributed by atoms with E-state index in [-0.39, 0.29) is 0 Å². The molecule has 6 rings (SSSR count). The number of aromatic amines is 1. The van der Waals surface area contributed by atoms with E-state index in [0.29, 0.717) is 18.1 Å². The first kappa shape index (κ1) is 15.0. The number of H-pyrrole nitrogens is 1. The van der Waals surface area contributed by atoms with Crippen LogP contribution in [0.15, 0.2) is 48.8 Å². The first-order valence-electron chi connectivity index (χ1n) is 9.22. The largest absolute Gasteiger partial charge is 0.487 e. The Hall–Kier alpha value is -2.33. The van der Waals surface area contributed by atoms with Crippen LogP contribution in [0.2, 0.25) is 0 Å². The van der Waals surface area contributed by atoms with Crippen LogP contribution in [0.1, 0.15) is 19.8 Å². The van der Waals surface area contributed by atoms with Crippen LogP contribution >= 0.6 is 0 Å². The minimum atomic E-state index is 0.298. The summed E-state index contributed by atoms with van der Waals surface area (Å²) >= 11 is 0. The normalized spacial score (nSPS) is 28.4. The van der Waals surface area contributed by atoms with Crippen molar-refractivity contribution in [2.75, 3.05) is 13.1 Å². The van der Waals surface area contributed by atoms with Crippen molar-refractivity contribution in [2.24, 2.45) is 5.92 Å². The second kappa shape index (κ2) is 5.88. The van der Waals surface area contributed by atoms with Gasteiger partial charge in [0.1, 0.15) is 11.9 Å². The maximum Gasteiger partial charge on any atom is 0.138 e. The molecule has 4 heteroatoms. The van der Waals surface area contributed by atoms with Crippen LogP contribution < -0.4 is 4.74 Å². The maximum absolute atomic E-state index is 6.34. The molecular weight excluding hydrogens is 310 g/mol. The Morgan fingerprint density at radius 2 is 2.00 bits per heavy atom. The molecule has 25 heavy (non-hydrogen) atoms. The molecule has 5 heterocycles. The van der Waals surface area contributed by atoms with Crippen molar-refractivity contribution >= 4 is 10.9 Å². The molecule has 1 aromatic carbocycles. The lowest BCUT2D eigenvalue weighted by molar-refractivity contribution is -0.0508. The molecule has 0 aliphatic carbocycles. The van der Waals surface area contributed by atoms with E-state index >= 15 is 0 Å². The number of hydrogen-bond acceptors (Lipinski definition) is 3. The highest BCUT2D eigenvalue weighted by atomic mass is 16.5. The predicted octanol–water partition coefficient (Wildman–Crippen LogP) is 4.09. The quantitative estimate of drug-likeness (QED) is 0.785. The van der Waals surface area contributed by atoms with Crippen molar-refractivity contribution in [3.63, 3.8) is 0 Å². The van der Waals surface area contributed by atoms with Gasteiger partial charge in [-0.15, -0.1) is 0 Å². The van der Waals surface area contributed by atoms with E-state index in [1.807, 2.05) is 12.4 Å². The number of rotatable bonds is 3. The van der Waals surface area contributed by atoms with Gasteiger partial charge in [0.2, 0.25) is 0 Å². The monoisotopic (exact) mass is 333 g/mol. The fraction of sp³-hybridized carbons (Fsp3) is 0.381. The van der Waals surface area contributed by atoms with Gasteiger partial charge in [0.15, 0.2) is 0 Å². The standard InChI is InChI=1S/C21H23N3O/c1-14-21(15-7-10-24(14)11-8-15)25-18-3-5-20(23-13-18)16-2-4-19-17(12-16)6-9-22-19/h2-6,9,12-15,21-22H,7-8,10-11H2,1H3/t14-,21-/m1/s1. The molecule has 3 aliphatic rings. The molecule has 0 unspecified atom stereocenters. The molecule has 4 nitrogen and oxygen atoms in total. The van der Waals surface area contributed by atoms with Crippen LogP contribution in [-0.4, -0.2) is 40.1 Å². The number of benzene rings is 1. The number of ether oxygens (including phenoxy) is 1. The smallest absolute Gasteiger partial charge is 0.138 e. The zero-order valence-corrected chi connectivity index (χ0v) is 14.5. The van der Waals surface area contributed by atoms with Gasteiger partial charge in [-0.1, -0.05) is 6.07 Å². The molecule has 2 aromatic heterocycles. The van der Waals surface area contributed by atoms with E-state index in [4.69, 9.17) is 4.74 Å². The zero-order chi connectivity index (χ0) is 16.8. The van der Waals surface area contributed by atoms with Gasteiger partial charge in [0, 0.05) is 28.7 Å². The highest BCUT2D eigenvalue weighted by Crippen LogP contribution is 2.35. The first-order valence-corrected chi connectivity index (χ1v) is 9.22. The molecule has 2 atom stereocenters. The van der Waals surface area contributed by atoms with Crippen molar-refractivity contribution in [3.8, 4) is 17.0 Å². The number of hydrogen-bond donors (Lipinski definition) is 1. The molecular formula is C21H23N3O. The van der Waals surface area contributed by atoms with Gasteiger partial charge < -0.3 is 9.72 Å². The third-order valence-electron chi connectivity index (χ3n) is 5.95. The van der Waals surface area contributed by atoms with Gasteiger partial charge in [-0.05, 0) is 69.1 Å². The molecule has 1 N–H and O–H groups in total. The highest BCUT2D eigenvalue weighted by molar-refractivity contribution is 5.84. The Bertz CT molecular complexity index is 876. The van der Waals surface area contributed by atoms with Crippen molar-refractivity contribution in [3.05, 3.63) is 48.8 Å². The fourth-order valence-electron chi connectivity index (χ4n) is 4.44. The maximum atomic E-state index is 6.34. The summed E-state index contributed by atoms with van der Waals surface area (Å²) in [5.74, 6) is 1.58. The lowest BCUT2D eigenvalue weighted by atomic mass is 9.81. The van der Waals surface area contributed by atoms with Gasteiger partial charge in [0.25, 0.3) is 0 Å². The van der Waals surface area contributed by atoms with Gasteiger partial charge in [-0.2, -0.15) is 0 Å². The average molecular weight is 333 g/mol. The van der Waals surface area contributed by atoms with Gasteiger partial charge in [-0.25, -0.2) is 0 Å². The molecule has 3 saturated heterocycles.